The minimum Gasteiger partial charge on any atom is -0.363 e. The number of carbonyl (C=O) groups excluding carboxylic acids is 1. The summed E-state index contributed by atoms with van der Waals surface area (Å²) < 4.78 is 12.8. The van der Waals surface area contributed by atoms with Crippen molar-refractivity contribution in [1.82, 2.24) is 4.98 Å². The average molecular weight is 168 g/mol. The molecule has 3 nitrogen and oxygen atoms in total. The first-order valence-electron chi connectivity index (χ1n) is 3.44. The molecule has 0 spiro atoms. The Morgan fingerprint density at radius 2 is 2.17 bits per heavy atom. The lowest BCUT2D eigenvalue weighted by atomic mass is 10.3. The van der Waals surface area contributed by atoms with Crippen LogP contribution in [0.3, 0.4) is 0 Å². The van der Waals surface area contributed by atoms with Gasteiger partial charge in [0.2, 0.25) is 5.95 Å². The quantitative estimate of drug-likeness (QED) is 0.489. The summed E-state index contributed by atoms with van der Waals surface area (Å²) in [6.45, 7) is 0. The maximum atomic E-state index is 12.8. The predicted octanol–water partition coefficient (Wildman–Crippen LogP) is 1.10. The number of hydrogen-bond donors (Lipinski definition) is 0. The molecule has 0 radical (unpaired) electrons. The Labute approximate surface area is 69.8 Å². The molecule has 64 valence electrons. The van der Waals surface area contributed by atoms with Crippen molar-refractivity contribution in [3.8, 4) is 0 Å². The van der Waals surface area contributed by atoms with Gasteiger partial charge in [-0.1, -0.05) is 0 Å². The molecule has 1 aromatic heterocycles. The van der Waals surface area contributed by atoms with E-state index in [4.69, 9.17) is 0 Å². The summed E-state index contributed by atoms with van der Waals surface area (Å²) in [5.74, 6) is -0.227. The van der Waals surface area contributed by atoms with Gasteiger partial charge in [0.1, 0.15) is 5.82 Å². The van der Waals surface area contributed by atoms with E-state index in [2.05, 4.69) is 4.98 Å². The third-order valence-corrected chi connectivity index (χ3v) is 1.45. The summed E-state index contributed by atoms with van der Waals surface area (Å²) >= 11 is 0. The maximum absolute atomic E-state index is 12.8. The van der Waals surface area contributed by atoms with Gasteiger partial charge in [0.25, 0.3) is 0 Å². The number of pyridine rings is 1. The van der Waals surface area contributed by atoms with E-state index in [-0.39, 0.29) is 5.56 Å². The molecule has 0 atom stereocenters. The minimum absolute atomic E-state index is 0.0133. The molecule has 0 fully saturated rings. The molecule has 0 aliphatic carbocycles. The molecule has 1 aromatic rings. The molecule has 0 bridgehead atoms. The molecular formula is C8H9FN2O. The van der Waals surface area contributed by atoms with Crippen LogP contribution in [0.15, 0.2) is 12.1 Å². The van der Waals surface area contributed by atoms with E-state index in [0.717, 1.165) is 0 Å². The molecule has 0 aliphatic heterocycles. The van der Waals surface area contributed by atoms with Gasteiger partial charge in [-0.05, 0) is 12.1 Å². The number of hydrogen-bond acceptors (Lipinski definition) is 3. The Balaban J connectivity index is 3.10. The summed E-state index contributed by atoms with van der Waals surface area (Å²) in [7, 11) is 3.50. The number of halogens is 1. The van der Waals surface area contributed by atoms with E-state index in [9.17, 15) is 9.18 Å². The maximum Gasteiger partial charge on any atom is 0.225 e. The fourth-order valence-electron chi connectivity index (χ4n) is 0.772. The summed E-state index contributed by atoms with van der Waals surface area (Å²) in [5.41, 5.74) is -0.0133. The molecule has 0 saturated carbocycles. The van der Waals surface area contributed by atoms with Crippen molar-refractivity contribution in [2.45, 2.75) is 0 Å². The highest BCUT2D eigenvalue weighted by Crippen LogP contribution is 2.09. The lowest BCUT2D eigenvalue weighted by molar-refractivity contribution is 0.111. The van der Waals surface area contributed by atoms with Gasteiger partial charge in [-0.15, -0.1) is 0 Å². The van der Waals surface area contributed by atoms with Gasteiger partial charge >= 0.3 is 0 Å². The first-order chi connectivity index (χ1) is 5.65. The second-order valence-electron chi connectivity index (χ2n) is 2.56. The van der Waals surface area contributed by atoms with E-state index in [1.165, 1.54) is 6.07 Å². The number of nitrogens with zero attached hydrogens (tertiary/aromatic N) is 2. The van der Waals surface area contributed by atoms with Gasteiger partial charge in [-0.2, -0.15) is 4.39 Å². The molecule has 0 unspecified atom stereocenters. The van der Waals surface area contributed by atoms with Crippen molar-refractivity contribution >= 4 is 12.1 Å². The fourth-order valence-corrected chi connectivity index (χ4v) is 0.772. The molecule has 0 N–H and O–H groups in total. The number of anilines is 1. The molecule has 0 aromatic carbocycles. The van der Waals surface area contributed by atoms with Crippen molar-refractivity contribution in [2.24, 2.45) is 0 Å². The second-order valence-corrected chi connectivity index (χ2v) is 2.56. The monoisotopic (exact) mass is 168 g/mol. The van der Waals surface area contributed by atoms with Crippen LogP contribution >= 0.6 is 0 Å². The lowest BCUT2D eigenvalue weighted by Gasteiger charge is -2.10. The predicted molar refractivity (Wildman–Crippen MR) is 43.9 cm³/mol. The van der Waals surface area contributed by atoms with Crippen LogP contribution in [0.25, 0.3) is 0 Å². The van der Waals surface area contributed by atoms with Gasteiger partial charge in [0, 0.05) is 14.1 Å². The number of aromatic nitrogens is 1. The van der Waals surface area contributed by atoms with Gasteiger partial charge in [0.05, 0.1) is 5.56 Å². The SMILES string of the molecule is CN(C)c1ccc(C=O)c(F)n1. The van der Waals surface area contributed by atoms with Crippen molar-refractivity contribution in [3.63, 3.8) is 0 Å². The van der Waals surface area contributed by atoms with Crippen molar-refractivity contribution in [1.29, 1.82) is 0 Å². The van der Waals surface area contributed by atoms with Crippen molar-refractivity contribution < 1.29 is 9.18 Å². The third kappa shape index (κ3) is 1.58. The number of carbonyl (C=O) groups is 1. The van der Waals surface area contributed by atoms with Crippen LogP contribution < -0.4 is 4.90 Å². The van der Waals surface area contributed by atoms with Crippen LogP contribution in [-0.4, -0.2) is 25.4 Å². The molecular weight excluding hydrogens is 159 g/mol. The molecule has 0 saturated heterocycles. The van der Waals surface area contributed by atoms with E-state index in [1.807, 2.05) is 0 Å². The zero-order valence-corrected chi connectivity index (χ0v) is 6.91. The Hall–Kier alpha value is -1.45. The molecule has 1 rings (SSSR count). The second kappa shape index (κ2) is 3.30. The Morgan fingerprint density at radius 3 is 2.58 bits per heavy atom. The third-order valence-electron chi connectivity index (χ3n) is 1.45. The smallest absolute Gasteiger partial charge is 0.225 e. The van der Waals surface area contributed by atoms with Crippen LogP contribution in [0.4, 0.5) is 10.2 Å². The number of aldehydes is 1. The summed E-state index contributed by atoms with van der Waals surface area (Å²) in [4.78, 5) is 15.5. The minimum atomic E-state index is -0.726. The molecule has 1 heterocycles. The summed E-state index contributed by atoms with van der Waals surface area (Å²) in [6, 6.07) is 3.00. The van der Waals surface area contributed by atoms with Crippen LogP contribution in [0.5, 0.6) is 0 Å². The van der Waals surface area contributed by atoms with Gasteiger partial charge in [-0.3, -0.25) is 4.79 Å². The van der Waals surface area contributed by atoms with Crippen LogP contribution in [0, 0.1) is 5.95 Å². The van der Waals surface area contributed by atoms with Crippen molar-refractivity contribution in [3.05, 3.63) is 23.6 Å². The highest BCUT2D eigenvalue weighted by Gasteiger charge is 2.04. The van der Waals surface area contributed by atoms with Crippen LogP contribution in [0.1, 0.15) is 10.4 Å². The van der Waals surface area contributed by atoms with Crippen LogP contribution in [0.2, 0.25) is 0 Å². The Kier molecular flexibility index (Phi) is 2.38. The largest absolute Gasteiger partial charge is 0.363 e. The van der Waals surface area contributed by atoms with Crippen molar-refractivity contribution in [2.75, 3.05) is 19.0 Å². The standard InChI is InChI=1S/C8H9FN2O/c1-11(2)7-4-3-6(5-12)8(9)10-7/h3-5H,1-2H3. The highest BCUT2D eigenvalue weighted by atomic mass is 19.1. The first kappa shape index (κ1) is 8.64. The van der Waals surface area contributed by atoms with Crippen LogP contribution in [-0.2, 0) is 0 Å². The summed E-state index contributed by atoms with van der Waals surface area (Å²) in [6.07, 6.45) is 0.446. The molecule has 4 heteroatoms. The lowest BCUT2D eigenvalue weighted by Crippen LogP contribution is -2.11. The average Bonchev–Trinajstić information content (AvgIpc) is 2.04. The normalized spacial score (nSPS) is 9.58. The Bertz CT molecular complexity index is 299. The van der Waals surface area contributed by atoms with Gasteiger partial charge < -0.3 is 4.90 Å². The first-order valence-corrected chi connectivity index (χ1v) is 3.44. The van der Waals surface area contributed by atoms with E-state index in [1.54, 1.807) is 25.1 Å². The molecule has 12 heavy (non-hydrogen) atoms. The topological polar surface area (TPSA) is 33.2 Å². The molecule has 0 amide bonds. The van der Waals surface area contributed by atoms with Gasteiger partial charge in [-0.25, -0.2) is 4.98 Å². The zero-order chi connectivity index (χ0) is 9.14. The summed E-state index contributed by atoms with van der Waals surface area (Å²) in [5, 5.41) is 0. The molecule has 0 aliphatic rings. The van der Waals surface area contributed by atoms with E-state index >= 15 is 0 Å². The fraction of sp³-hybridized carbons (Fsp3) is 0.250. The van der Waals surface area contributed by atoms with E-state index < -0.39 is 5.95 Å². The highest BCUT2D eigenvalue weighted by molar-refractivity contribution is 5.74. The Morgan fingerprint density at radius 1 is 1.50 bits per heavy atom. The number of rotatable bonds is 2. The van der Waals surface area contributed by atoms with E-state index in [0.29, 0.717) is 12.1 Å². The van der Waals surface area contributed by atoms with Gasteiger partial charge in [0.15, 0.2) is 6.29 Å². The zero-order valence-electron chi connectivity index (χ0n) is 6.91.